The average Bonchev–Trinajstić information content (AvgIpc) is 3.08. The lowest BCUT2D eigenvalue weighted by atomic mass is 10.1. The molecule has 2 aromatic carbocycles. The number of nitrogens with zero attached hydrogens (tertiary/aromatic N) is 1. The molecule has 10 heteroatoms. The standard InChI is InChI=1S/C23H24N4O6/c28-19(11-10-15-6-2-1-3-7-15)24-14-18(21(30)26-33)25-20(29)12-13-27-22(31)16-8-4-5-9-17(16)23(27)32/h1-9,18,33H,10-14H2,(H,24,28)(H,25,29)(H,26,30)/t18-/m0/s1. The van der Waals surface area contributed by atoms with Crippen LogP contribution in [0.1, 0.15) is 39.1 Å². The van der Waals surface area contributed by atoms with Gasteiger partial charge in [-0.25, -0.2) is 5.48 Å². The smallest absolute Gasteiger partial charge is 0.267 e. The molecule has 4 N–H and O–H groups in total. The molecule has 0 aromatic heterocycles. The normalized spacial score (nSPS) is 13.3. The number of carbonyl (C=O) groups excluding carboxylic acids is 5. The van der Waals surface area contributed by atoms with E-state index in [1.807, 2.05) is 30.3 Å². The molecule has 0 bridgehead atoms. The van der Waals surface area contributed by atoms with Gasteiger partial charge in [-0.1, -0.05) is 42.5 Å². The predicted molar refractivity (Wildman–Crippen MR) is 116 cm³/mol. The molecule has 1 aliphatic heterocycles. The van der Waals surface area contributed by atoms with Crippen molar-refractivity contribution in [1.29, 1.82) is 0 Å². The Labute approximate surface area is 189 Å². The lowest BCUT2D eigenvalue weighted by Gasteiger charge is -2.19. The quantitative estimate of drug-likeness (QED) is 0.233. The van der Waals surface area contributed by atoms with Gasteiger partial charge in [-0.05, 0) is 24.1 Å². The zero-order chi connectivity index (χ0) is 23.8. The zero-order valence-electron chi connectivity index (χ0n) is 17.7. The second kappa shape index (κ2) is 11.0. The van der Waals surface area contributed by atoms with Crippen molar-refractivity contribution in [2.24, 2.45) is 0 Å². The van der Waals surface area contributed by atoms with Crippen molar-refractivity contribution in [1.82, 2.24) is 21.0 Å². The summed E-state index contributed by atoms with van der Waals surface area (Å²) in [6.45, 7) is -0.409. The van der Waals surface area contributed by atoms with Crippen LogP contribution in [0.25, 0.3) is 0 Å². The van der Waals surface area contributed by atoms with Gasteiger partial charge < -0.3 is 10.6 Å². The van der Waals surface area contributed by atoms with Gasteiger partial charge in [0.05, 0.1) is 11.1 Å². The number of amides is 5. The highest BCUT2D eigenvalue weighted by molar-refractivity contribution is 6.21. The van der Waals surface area contributed by atoms with Gasteiger partial charge in [0.1, 0.15) is 6.04 Å². The second-order valence-electron chi connectivity index (χ2n) is 7.44. The van der Waals surface area contributed by atoms with Gasteiger partial charge in [-0.2, -0.15) is 0 Å². The van der Waals surface area contributed by atoms with E-state index >= 15 is 0 Å². The van der Waals surface area contributed by atoms with Crippen molar-refractivity contribution in [2.75, 3.05) is 13.1 Å². The lowest BCUT2D eigenvalue weighted by Crippen LogP contribution is -2.52. The molecule has 172 valence electrons. The topological polar surface area (TPSA) is 145 Å². The zero-order valence-corrected chi connectivity index (χ0v) is 17.7. The van der Waals surface area contributed by atoms with Gasteiger partial charge in [0.2, 0.25) is 11.8 Å². The van der Waals surface area contributed by atoms with Gasteiger partial charge in [-0.3, -0.25) is 34.1 Å². The molecule has 0 radical (unpaired) electrons. The summed E-state index contributed by atoms with van der Waals surface area (Å²) in [7, 11) is 0. The van der Waals surface area contributed by atoms with Gasteiger partial charge >= 0.3 is 0 Å². The van der Waals surface area contributed by atoms with Crippen molar-refractivity contribution in [3.63, 3.8) is 0 Å². The minimum atomic E-state index is -1.23. The average molecular weight is 452 g/mol. The molecule has 2 aromatic rings. The third-order valence-corrected chi connectivity index (χ3v) is 5.19. The lowest BCUT2D eigenvalue weighted by molar-refractivity contribution is -0.135. The molecule has 1 heterocycles. The summed E-state index contributed by atoms with van der Waals surface area (Å²) in [6.07, 6.45) is 0.448. The van der Waals surface area contributed by atoms with Crippen LogP contribution in [0, 0.1) is 0 Å². The maximum atomic E-state index is 12.4. The highest BCUT2D eigenvalue weighted by Gasteiger charge is 2.35. The molecule has 0 saturated carbocycles. The summed E-state index contributed by atoms with van der Waals surface area (Å²) in [5.41, 5.74) is 2.99. The molecule has 10 nitrogen and oxygen atoms in total. The Kier molecular flexibility index (Phi) is 7.87. The van der Waals surface area contributed by atoms with Crippen LogP contribution >= 0.6 is 0 Å². The monoisotopic (exact) mass is 452 g/mol. The van der Waals surface area contributed by atoms with Crippen LogP contribution in [0.3, 0.4) is 0 Å². The van der Waals surface area contributed by atoms with Crippen LogP contribution in [-0.4, -0.2) is 58.8 Å². The first-order chi connectivity index (χ1) is 15.9. The molecule has 0 aliphatic carbocycles. The maximum absolute atomic E-state index is 12.4. The number of carbonyl (C=O) groups is 5. The Hall–Kier alpha value is -4.05. The molecule has 0 saturated heterocycles. The van der Waals surface area contributed by atoms with Gasteiger partial charge in [-0.15, -0.1) is 0 Å². The van der Waals surface area contributed by atoms with Crippen molar-refractivity contribution in [3.8, 4) is 0 Å². The molecule has 1 atom stereocenters. The number of benzene rings is 2. The number of hydrogen-bond acceptors (Lipinski definition) is 6. The number of fused-ring (bicyclic) bond motifs is 1. The largest absolute Gasteiger partial charge is 0.353 e. The maximum Gasteiger partial charge on any atom is 0.267 e. The van der Waals surface area contributed by atoms with Crippen LogP contribution in [0.4, 0.5) is 0 Å². The first-order valence-electron chi connectivity index (χ1n) is 10.4. The Morgan fingerprint density at radius 1 is 0.848 bits per heavy atom. The molecule has 0 spiro atoms. The highest BCUT2D eigenvalue weighted by Crippen LogP contribution is 2.22. The minimum absolute atomic E-state index is 0.172. The summed E-state index contributed by atoms with van der Waals surface area (Å²) in [5, 5.41) is 13.9. The van der Waals surface area contributed by atoms with Gasteiger partial charge in [0.15, 0.2) is 0 Å². The Bertz CT molecular complexity index is 1020. The molecule has 0 unspecified atom stereocenters. The Balaban J connectivity index is 1.48. The molecule has 3 rings (SSSR count). The van der Waals surface area contributed by atoms with Gasteiger partial charge in [0, 0.05) is 25.9 Å². The number of imide groups is 1. The van der Waals surface area contributed by atoms with Crippen LogP contribution in [0.5, 0.6) is 0 Å². The minimum Gasteiger partial charge on any atom is -0.353 e. The van der Waals surface area contributed by atoms with Crippen molar-refractivity contribution in [2.45, 2.75) is 25.3 Å². The second-order valence-corrected chi connectivity index (χ2v) is 7.44. The Morgan fingerprint density at radius 3 is 2.06 bits per heavy atom. The van der Waals surface area contributed by atoms with E-state index in [1.165, 1.54) is 17.6 Å². The van der Waals surface area contributed by atoms with Crippen molar-refractivity contribution < 1.29 is 29.2 Å². The highest BCUT2D eigenvalue weighted by atomic mass is 16.5. The molecular weight excluding hydrogens is 428 g/mol. The van der Waals surface area contributed by atoms with E-state index in [4.69, 9.17) is 5.21 Å². The number of aryl methyl sites for hydroxylation is 1. The fraction of sp³-hybridized carbons (Fsp3) is 0.261. The third kappa shape index (κ3) is 6.01. The summed E-state index contributed by atoms with van der Waals surface area (Å²) >= 11 is 0. The van der Waals surface area contributed by atoms with E-state index in [1.54, 1.807) is 12.1 Å². The fourth-order valence-electron chi connectivity index (χ4n) is 3.42. The van der Waals surface area contributed by atoms with E-state index in [2.05, 4.69) is 10.6 Å². The fourth-order valence-corrected chi connectivity index (χ4v) is 3.42. The van der Waals surface area contributed by atoms with Crippen LogP contribution < -0.4 is 16.1 Å². The van der Waals surface area contributed by atoms with Crippen LogP contribution in [-0.2, 0) is 20.8 Å². The van der Waals surface area contributed by atoms with E-state index in [0.29, 0.717) is 6.42 Å². The predicted octanol–water partition coefficient (Wildman–Crippen LogP) is 0.412. The number of hydrogen-bond donors (Lipinski definition) is 4. The van der Waals surface area contributed by atoms with Crippen LogP contribution in [0.15, 0.2) is 54.6 Å². The van der Waals surface area contributed by atoms with E-state index in [0.717, 1.165) is 10.5 Å². The molecule has 0 fully saturated rings. The van der Waals surface area contributed by atoms with Crippen molar-refractivity contribution in [3.05, 3.63) is 71.3 Å². The summed E-state index contributed by atoms with van der Waals surface area (Å²) in [5.74, 6) is -2.83. The SMILES string of the molecule is O=C(CCc1ccccc1)NC[C@H](NC(=O)CCN1C(=O)c2ccccc2C1=O)C(=O)NO. The van der Waals surface area contributed by atoms with Gasteiger partial charge in [0.25, 0.3) is 17.7 Å². The number of rotatable bonds is 10. The first kappa shape index (κ1) is 23.6. The molecule has 5 amide bonds. The first-order valence-corrected chi connectivity index (χ1v) is 10.4. The summed E-state index contributed by atoms with van der Waals surface area (Å²) < 4.78 is 0. The number of nitrogens with one attached hydrogen (secondary N) is 3. The molecule has 33 heavy (non-hydrogen) atoms. The third-order valence-electron chi connectivity index (χ3n) is 5.19. The number of hydroxylamine groups is 1. The van der Waals surface area contributed by atoms with Crippen molar-refractivity contribution >= 4 is 29.5 Å². The molecular formula is C23H24N4O6. The van der Waals surface area contributed by atoms with Crippen LogP contribution in [0.2, 0.25) is 0 Å². The van der Waals surface area contributed by atoms with E-state index in [9.17, 15) is 24.0 Å². The van der Waals surface area contributed by atoms with E-state index < -0.39 is 29.7 Å². The van der Waals surface area contributed by atoms with E-state index in [-0.39, 0.29) is 43.0 Å². The summed E-state index contributed by atoms with van der Waals surface area (Å²) in [6, 6.07) is 14.5. The molecule has 1 aliphatic rings. The summed E-state index contributed by atoms with van der Waals surface area (Å²) in [4.78, 5) is 62.0. The Morgan fingerprint density at radius 2 is 1.45 bits per heavy atom.